The van der Waals surface area contributed by atoms with Crippen molar-refractivity contribution in [3.05, 3.63) is 48.5 Å². The lowest BCUT2D eigenvalue weighted by molar-refractivity contribution is 0.262. The van der Waals surface area contributed by atoms with Crippen molar-refractivity contribution in [3.8, 4) is 5.75 Å². The normalized spacial score (nSPS) is 9.74. The molecule has 0 aromatic heterocycles. The van der Waals surface area contributed by atoms with Gasteiger partial charge in [-0.25, -0.2) is 4.79 Å². The Morgan fingerprint density at radius 2 is 1.74 bits per heavy atom. The molecule has 98 valence electrons. The molecular weight excluding hydrogens is 242 g/mol. The van der Waals surface area contributed by atoms with E-state index in [0.717, 1.165) is 0 Å². The van der Waals surface area contributed by atoms with Crippen molar-refractivity contribution < 1.29 is 9.53 Å². The lowest BCUT2D eigenvalue weighted by Crippen LogP contribution is -2.19. The van der Waals surface area contributed by atoms with E-state index in [9.17, 15) is 4.79 Å². The van der Waals surface area contributed by atoms with E-state index in [4.69, 9.17) is 10.5 Å². The van der Waals surface area contributed by atoms with E-state index >= 15 is 0 Å². The number of methoxy groups -OCH3 is 1. The first-order valence-corrected chi connectivity index (χ1v) is 5.75. The van der Waals surface area contributed by atoms with Crippen LogP contribution in [0.4, 0.5) is 21.9 Å². The molecule has 5 heteroatoms. The first kappa shape index (κ1) is 12.8. The van der Waals surface area contributed by atoms with Crippen molar-refractivity contribution in [3.63, 3.8) is 0 Å². The van der Waals surface area contributed by atoms with Crippen LogP contribution < -0.4 is 21.1 Å². The second-order valence-electron chi connectivity index (χ2n) is 3.90. The summed E-state index contributed by atoms with van der Waals surface area (Å²) in [6.07, 6.45) is 0. The molecule has 0 aliphatic rings. The van der Waals surface area contributed by atoms with Gasteiger partial charge in [-0.3, -0.25) is 0 Å². The van der Waals surface area contributed by atoms with Gasteiger partial charge in [-0.1, -0.05) is 12.1 Å². The Labute approximate surface area is 111 Å². The van der Waals surface area contributed by atoms with Gasteiger partial charge in [-0.15, -0.1) is 0 Å². The average molecular weight is 257 g/mol. The van der Waals surface area contributed by atoms with Crippen molar-refractivity contribution in [1.29, 1.82) is 0 Å². The molecule has 0 aliphatic carbocycles. The number of para-hydroxylation sites is 2. The lowest BCUT2D eigenvalue weighted by atomic mass is 10.3. The van der Waals surface area contributed by atoms with Gasteiger partial charge in [-0.2, -0.15) is 0 Å². The Morgan fingerprint density at radius 3 is 2.42 bits per heavy atom. The van der Waals surface area contributed by atoms with Crippen molar-refractivity contribution in [2.75, 3.05) is 23.5 Å². The summed E-state index contributed by atoms with van der Waals surface area (Å²) in [7, 11) is 1.55. The molecule has 0 spiro atoms. The fraction of sp³-hybridized carbons (Fsp3) is 0.0714. The maximum Gasteiger partial charge on any atom is 0.323 e. The summed E-state index contributed by atoms with van der Waals surface area (Å²) in [6.45, 7) is 0. The smallest absolute Gasteiger partial charge is 0.323 e. The number of carbonyl (C=O) groups is 1. The highest BCUT2D eigenvalue weighted by atomic mass is 16.5. The van der Waals surface area contributed by atoms with Crippen LogP contribution in [0.2, 0.25) is 0 Å². The highest BCUT2D eigenvalue weighted by Gasteiger charge is 2.06. The summed E-state index contributed by atoms with van der Waals surface area (Å²) >= 11 is 0. The van der Waals surface area contributed by atoms with Gasteiger partial charge >= 0.3 is 6.03 Å². The number of ether oxygens (including phenoxy) is 1. The second-order valence-corrected chi connectivity index (χ2v) is 3.90. The lowest BCUT2D eigenvalue weighted by Gasteiger charge is -2.10. The third kappa shape index (κ3) is 3.38. The van der Waals surface area contributed by atoms with Crippen LogP contribution >= 0.6 is 0 Å². The average Bonchev–Trinajstić information content (AvgIpc) is 2.42. The van der Waals surface area contributed by atoms with Gasteiger partial charge in [0.1, 0.15) is 5.75 Å². The Morgan fingerprint density at radius 1 is 1.05 bits per heavy atom. The maximum atomic E-state index is 11.8. The predicted molar refractivity (Wildman–Crippen MR) is 76.5 cm³/mol. The van der Waals surface area contributed by atoms with Gasteiger partial charge in [0.15, 0.2) is 0 Å². The number of hydrogen-bond acceptors (Lipinski definition) is 3. The van der Waals surface area contributed by atoms with Crippen LogP contribution in [0.5, 0.6) is 5.75 Å². The van der Waals surface area contributed by atoms with Gasteiger partial charge in [-0.05, 0) is 36.4 Å². The molecule has 0 radical (unpaired) electrons. The van der Waals surface area contributed by atoms with Crippen molar-refractivity contribution in [2.24, 2.45) is 0 Å². The number of amides is 2. The first-order valence-electron chi connectivity index (χ1n) is 5.75. The zero-order chi connectivity index (χ0) is 13.7. The molecule has 19 heavy (non-hydrogen) atoms. The third-order valence-electron chi connectivity index (χ3n) is 2.52. The minimum Gasteiger partial charge on any atom is -0.495 e. The van der Waals surface area contributed by atoms with E-state index in [1.165, 1.54) is 0 Å². The van der Waals surface area contributed by atoms with Crippen LogP contribution in [0, 0.1) is 0 Å². The van der Waals surface area contributed by atoms with Gasteiger partial charge in [0.25, 0.3) is 0 Å². The number of nitrogens with one attached hydrogen (secondary N) is 2. The first-order chi connectivity index (χ1) is 9.19. The van der Waals surface area contributed by atoms with E-state index in [1.54, 1.807) is 43.5 Å². The summed E-state index contributed by atoms with van der Waals surface area (Å²) in [5.74, 6) is 0.606. The number of nitrogen functional groups attached to an aromatic ring is 1. The van der Waals surface area contributed by atoms with E-state index in [2.05, 4.69) is 10.6 Å². The van der Waals surface area contributed by atoms with Crippen LogP contribution in [0.3, 0.4) is 0 Å². The zero-order valence-corrected chi connectivity index (χ0v) is 10.5. The van der Waals surface area contributed by atoms with Gasteiger partial charge < -0.3 is 21.1 Å². The SMILES string of the molecule is COc1ccccc1NC(=O)Nc1ccc(N)cc1. The molecule has 0 atom stereocenters. The molecular formula is C14H15N3O2. The molecule has 0 fully saturated rings. The predicted octanol–water partition coefficient (Wildman–Crippen LogP) is 2.92. The summed E-state index contributed by atoms with van der Waals surface area (Å²) in [6, 6.07) is 13.8. The summed E-state index contributed by atoms with van der Waals surface area (Å²) in [5, 5.41) is 5.43. The monoisotopic (exact) mass is 257 g/mol. The summed E-state index contributed by atoms with van der Waals surface area (Å²) < 4.78 is 5.15. The maximum absolute atomic E-state index is 11.8. The Bertz CT molecular complexity index is 567. The minimum absolute atomic E-state index is 0.339. The van der Waals surface area contributed by atoms with E-state index < -0.39 is 0 Å². The van der Waals surface area contributed by atoms with Crippen LogP contribution in [0.15, 0.2) is 48.5 Å². The number of urea groups is 1. The highest BCUT2D eigenvalue weighted by molar-refractivity contribution is 6.00. The second kappa shape index (κ2) is 5.77. The van der Waals surface area contributed by atoms with E-state index in [0.29, 0.717) is 22.8 Å². The summed E-state index contributed by atoms with van der Waals surface area (Å²) in [5.41, 5.74) is 7.50. The molecule has 0 bridgehead atoms. The molecule has 4 N–H and O–H groups in total. The number of carbonyl (C=O) groups excluding carboxylic acids is 1. The molecule has 0 aliphatic heterocycles. The quantitative estimate of drug-likeness (QED) is 0.740. The van der Waals surface area contributed by atoms with Crippen LogP contribution in [0.25, 0.3) is 0 Å². The van der Waals surface area contributed by atoms with Crippen molar-refractivity contribution in [1.82, 2.24) is 0 Å². The van der Waals surface area contributed by atoms with Gasteiger partial charge in [0.05, 0.1) is 12.8 Å². The third-order valence-corrected chi connectivity index (χ3v) is 2.52. The number of benzene rings is 2. The molecule has 2 aromatic carbocycles. The van der Waals surface area contributed by atoms with Crippen LogP contribution in [-0.4, -0.2) is 13.1 Å². The van der Waals surface area contributed by atoms with Crippen molar-refractivity contribution >= 4 is 23.1 Å². The molecule has 5 nitrogen and oxygen atoms in total. The highest BCUT2D eigenvalue weighted by Crippen LogP contribution is 2.23. The Kier molecular flexibility index (Phi) is 3.87. The van der Waals surface area contributed by atoms with Gasteiger partial charge in [0, 0.05) is 11.4 Å². The van der Waals surface area contributed by atoms with E-state index in [-0.39, 0.29) is 6.03 Å². The molecule has 0 unspecified atom stereocenters. The summed E-state index contributed by atoms with van der Waals surface area (Å²) in [4.78, 5) is 11.8. The van der Waals surface area contributed by atoms with E-state index in [1.807, 2.05) is 12.1 Å². The Hall–Kier alpha value is -2.69. The fourth-order valence-corrected chi connectivity index (χ4v) is 1.60. The Balaban J connectivity index is 2.03. The fourth-order valence-electron chi connectivity index (χ4n) is 1.60. The number of hydrogen-bond donors (Lipinski definition) is 3. The van der Waals surface area contributed by atoms with Gasteiger partial charge in [0.2, 0.25) is 0 Å². The molecule has 2 aromatic rings. The molecule has 0 saturated heterocycles. The largest absolute Gasteiger partial charge is 0.495 e. The standard InChI is InChI=1S/C14H15N3O2/c1-19-13-5-3-2-4-12(13)17-14(18)16-11-8-6-10(15)7-9-11/h2-9H,15H2,1H3,(H2,16,17,18). The van der Waals surface area contributed by atoms with Crippen LogP contribution in [-0.2, 0) is 0 Å². The van der Waals surface area contributed by atoms with Crippen molar-refractivity contribution in [2.45, 2.75) is 0 Å². The topological polar surface area (TPSA) is 76.4 Å². The minimum atomic E-state index is -0.339. The molecule has 2 rings (SSSR count). The zero-order valence-electron chi connectivity index (χ0n) is 10.5. The molecule has 2 amide bonds. The van der Waals surface area contributed by atoms with Crippen LogP contribution in [0.1, 0.15) is 0 Å². The molecule has 0 heterocycles. The number of rotatable bonds is 3. The number of nitrogens with two attached hydrogens (primary N) is 1. The molecule has 0 saturated carbocycles. The number of anilines is 3.